The Balaban J connectivity index is 1.72. The fourth-order valence-corrected chi connectivity index (χ4v) is 4.42. The maximum atomic E-state index is 13.5. The Labute approximate surface area is 157 Å². The average molecular weight is 370 g/mol. The monoisotopic (exact) mass is 370 g/mol. The summed E-state index contributed by atoms with van der Waals surface area (Å²) in [6.45, 7) is 1.98. The lowest BCUT2D eigenvalue weighted by Crippen LogP contribution is -2.48. The molecule has 1 fully saturated rings. The molecule has 0 unspecified atom stereocenters. The van der Waals surface area contributed by atoms with Gasteiger partial charge in [-0.15, -0.1) is 11.3 Å². The van der Waals surface area contributed by atoms with Crippen LogP contribution in [0, 0.1) is 0 Å². The topological polar surface area (TPSA) is 55.9 Å². The van der Waals surface area contributed by atoms with Crippen molar-refractivity contribution >= 4 is 40.3 Å². The van der Waals surface area contributed by atoms with Crippen molar-refractivity contribution in [1.29, 1.82) is 0 Å². The number of amides is 3. The summed E-state index contributed by atoms with van der Waals surface area (Å²) in [6.07, 6.45) is 1.92. The van der Waals surface area contributed by atoms with Gasteiger partial charge in [-0.1, -0.05) is 12.1 Å². The Morgan fingerprint density at radius 2 is 1.92 bits per heavy atom. The first-order valence-corrected chi connectivity index (χ1v) is 9.72. The number of nitrogens with one attached hydrogen (secondary N) is 1. The van der Waals surface area contributed by atoms with Crippen molar-refractivity contribution in [2.75, 3.05) is 37.4 Å². The van der Waals surface area contributed by atoms with Gasteiger partial charge in [0.2, 0.25) is 0 Å². The molecule has 7 heteroatoms. The van der Waals surface area contributed by atoms with Crippen molar-refractivity contribution in [2.45, 2.75) is 18.9 Å². The minimum absolute atomic E-state index is 0.0943. The highest BCUT2D eigenvalue weighted by Gasteiger charge is 2.34. The summed E-state index contributed by atoms with van der Waals surface area (Å²) in [5.74, 6) is -0.175. The number of para-hydroxylation sites is 2. The summed E-state index contributed by atoms with van der Waals surface area (Å²) in [6, 6.07) is 7.57. The number of hydrogen-bond donors (Lipinski definition) is 1. The second-order valence-corrected chi connectivity index (χ2v) is 7.65. The van der Waals surface area contributed by atoms with E-state index in [0.717, 1.165) is 25.9 Å². The van der Waals surface area contributed by atoms with E-state index >= 15 is 0 Å². The molecule has 4 rings (SSSR count). The molecule has 0 spiro atoms. The molecule has 1 saturated heterocycles. The summed E-state index contributed by atoms with van der Waals surface area (Å²) in [7, 11) is 3.98. The third-order valence-electron chi connectivity index (χ3n) is 5.25. The van der Waals surface area contributed by atoms with E-state index in [1.165, 1.54) is 11.3 Å². The van der Waals surface area contributed by atoms with Crippen molar-refractivity contribution in [3.05, 3.63) is 40.6 Å². The van der Waals surface area contributed by atoms with Crippen LogP contribution in [0.15, 0.2) is 35.0 Å². The molecule has 26 heavy (non-hydrogen) atoms. The molecule has 0 bridgehead atoms. The van der Waals surface area contributed by atoms with Crippen molar-refractivity contribution < 1.29 is 9.59 Å². The lowest BCUT2D eigenvalue weighted by molar-refractivity contribution is 0.102. The van der Waals surface area contributed by atoms with Crippen molar-refractivity contribution in [3.8, 4) is 0 Å². The number of benzene rings is 1. The van der Waals surface area contributed by atoms with Gasteiger partial charge in [0.05, 0.1) is 22.6 Å². The maximum Gasteiger partial charge on any atom is 0.329 e. The molecule has 0 aliphatic carbocycles. The number of piperidine rings is 1. The van der Waals surface area contributed by atoms with Crippen LogP contribution in [0.3, 0.4) is 0 Å². The third-order valence-corrected chi connectivity index (χ3v) is 5.98. The van der Waals surface area contributed by atoms with E-state index in [4.69, 9.17) is 0 Å². The predicted octanol–water partition coefficient (Wildman–Crippen LogP) is 3.60. The number of fused-ring (bicyclic) bond motifs is 2. The van der Waals surface area contributed by atoms with Gasteiger partial charge in [0, 0.05) is 23.8 Å². The molecular weight excluding hydrogens is 348 g/mol. The fourth-order valence-electron chi connectivity index (χ4n) is 3.63. The molecular formula is C19H22N4O2S. The molecule has 3 amide bonds. The zero-order valence-corrected chi connectivity index (χ0v) is 15.8. The molecule has 0 saturated carbocycles. The van der Waals surface area contributed by atoms with E-state index in [0.29, 0.717) is 22.6 Å². The highest BCUT2D eigenvalue weighted by molar-refractivity contribution is 7.08. The first kappa shape index (κ1) is 17.1. The minimum Gasteiger partial charge on any atom is -0.324 e. The summed E-state index contributed by atoms with van der Waals surface area (Å²) in [4.78, 5) is 31.8. The number of hydrogen-bond acceptors (Lipinski definition) is 4. The average Bonchev–Trinajstić information content (AvgIpc) is 3.08. The number of nitrogens with zero attached hydrogens (tertiary/aromatic N) is 3. The first-order valence-electron chi connectivity index (χ1n) is 8.78. The Morgan fingerprint density at radius 3 is 2.69 bits per heavy atom. The fraction of sp³-hybridized carbons (Fsp3) is 0.368. The van der Waals surface area contributed by atoms with Gasteiger partial charge in [0.25, 0.3) is 5.91 Å². The SMILES string of the molecule is CN1CCC(N(C)C(=O)N2c3ccccc3NC(=O)c3cscc32)CC1. The van der Waals surface area contributed by atoms with Crippen molar-refractivity contribution in [3.63, 3.8) is 0 Å². The van der Waals surface area contributed by atoms with Gasteiger partial charge < -0.3 is 15.1 Å². The van der Waals surface area contributed by atoms with Crippen LogP contribution in [0.1, 0.15) is 23.2 Å². The number of likely N-dealkylation sites (tertiary alicyclic amines) is 1. The Kier molecular flexibility index (Phi) is 4.42. The number of carbonyl (C=O) groups excluding carboxylic acids is 2. The van der Waals surface area contributed by atoms with Crippen LogP contribution in [0.4, 0.5) is 21.9 Å². The van der Waals surface area contributed by atoms with Crippen LogP contribution in [0.25, 0.3) is 0 Å². The molecule has 136 valence electrons. The summed E-state index contributed by atoms with van der Waals surface area (Å²) < 4.78 is 0. The van der Waals surface area contributed by atoms with E-state index in [1.807, 2.05) is 41.6 Å². The maximum absolute atomic E-state index is 13.5. The Morgan fingerprint density at radius 1 is 1.19 bits per heavy atom. The van der Waals surface area contributed by atoms with E-state index in [9.17, 15) is 9.59 Å². The highest BCUT2D eigenvalue weighted by Crippen LogP contribution is 2.40. The number of carbonyl (C=O) groups is 2. The lowest BCUT2D eigenvalue weighted by atomic mass is 10.0. The summed E-state index contributed by atoms with van der Waals surface area (Å²) >= 11 is 1.43. The second kappa shape index (κ2) is 6.74. The Bertz CT molecular complexity index is 842. The van der Waals surface area contributed by atoms with Crippen LogP contribution < -0.4 is 10.2 Å². The van der Waals surface area contributed by atoms with E-state index in [-0.39, 0.29) is 18.0 Å². The molecule has 2 aliphatic heterocycles. The van der Waals surface area contributed by atoms with Crippen molar-refractivity contribution in [2.24, 2.45) is 0 Å². The Hall–Kier alpha value is -2.38. The smallest absolute Gasteiger partial charge is 0.324 e. The molecule has 0 radical (unpaired) electrons. The van der Waals surface area contributed by atoms with Crippen LogP contribution >= 0.6 is 11.3 Å². The third kappa shape index (κ3) is 2.87. The van der Waals surface area contributed by atoms with E-state index in [1.54, 1.807) is 10.3 Å². The lowest BCUT2D eigenvalue weighted by Gasteiger charge is -2.37. The zero-order valence-electron chi connectivity index (χ0n) is 14.9. The quantitative estimate of drug-likeness (QED) is 0.834. The van der Waals surface area contributed by atoms with Crippen molar-refractivity contribution in [1.82, 2.24) is 9.80 Å². The summed E-state index contributed by atoms with van der Waals surface area (Å²) in [5, 5.41) is 6.59. The number of rotatable bonds is 1. The molecule has 3 heterocycles. The number of thiophene rings is 1. The number of anilines is 3. The van der Waals surface area contributed by atoms with Gasteiger partial charge in [0.1, 0.15) is 0 Å². The van der Waals surface area contributed by atoms with Crippen LogP contribution in [0.2, 0.25) is 0 Å². The van der Waals surface area contributed by atoms with Gasteiger partial charge in [-0.25, -0.2) is 4.79 Å². The normalized spacial score (nSPS) is 17.9. The molecule has 1 N–H and O–H groups in total. The van der Waals surface area contributed by atoms with Gasteiger partial charge in [0.15, 0.2) is 0 Å². The second-order valence-electron chi connectivity index (χ2n) is 6.91. The molecule has 1 aromatic heterocycles. The first-order chi connectivity index (χ1) is 12.6. The summed E-state index contributed by atoms with van der Waals surface area (Å²) in [5.41, 5.74) is 2.56. The van der Waals surface area contributed by atoms with E-state index in [2.05, 4.69) is 17.3 Å². The van der Waals surface area contributed by atoms with Gasteiger partial charge in [-0.2, -0.15) is 0 Å². The minimum atomic E-state index is -0.175. The molecule has 2 aromatic rings. The largest absolute Gasteiger partial charge is 0.329 e. The molecule has 1 aromatic carbocycles. The molecule has 6 nitrogen and oxygen atoms in total. The van der Waals surface area contributed by atoms with E-state index < -0.39 is 0 Å². The zero-order chi connectivity index (χ0) is 18.3. The predicted molar refractivity (Wildman–Crippen MR) is 105 cm³/mol. The van der Waals surface area contributed by atoms with Crippen LogP contribution in [-0.4, -0.2) is 55.0 Å². The standard InChI is InChI=1S/C19H22N4O2S/c1-21-9-7-13(8-10-21)22(2)19(25)23-16-6-4-3-5-15(16)20-18(24)14-11-26-12-17(14)23/h3-6,11-13H,7-10H2,1-2H3,(H,20,24). The van der Waals surface area contributed by atoms with Gasteiger partial charge >= 0.3 is 6.03 Å². The highest BCUT2D eigenvalue weighted by atomic mass is 32.1. The number of urea groups is 1. The molecule has 0 atom stereocenters. The van der Waals surface area contributed by atoms with Gasteiger partial charge in [-0.05, 0) is 45.1 Å². The van der Waals surface area contributed by atoms with Crippen LogP contribution in [-0.2, 0) is 0 Å². The van der Waals surface area contributed by atoms with Crippen LogP contribution in [0.5, 0.6) is 0 Å². The molecule has 2 aliphatic rings. The van der Waals surface area contributed by atoms with Gasteiger partial charge in [-0.3, -0.25) is 9.69 Å².